The van der Waals surface area contributed by atoms with E-state index >= 15 is 0 Å². The van der Waals surface area contributed by atoms with E-state index in [-0.39, 0.29) is 6.04 Å². The Hall–Kier alpha value is -1.15. The summed E-state index contributed by atoms with van der Waals surface area (Å²) in [4.78, 5) is 6.25. The molecule has 21 heavy (non-hydrogen) atoms. The van der Waals surface area contributed by atoms with Crippen LogP contribution >= 0.6 is 0 Å². The van der Waals surface area contributed by atoms with Gasteiger partial charge < -0.3 is 9.63 Å². The van der Waals surface area contributed by atoms with Gasteiger partial charge in [-0.05, 0) is 38.8 Å². The number of hydrogen-bond donors (Lipinski definition) is 1. The number of halogens is 3. The fourth-order valence-corrected chi connectivity index (χ4v) is 2.63. The summed E-state index contributed by atoms with van der Waals surface area (Å²) in [5, 5.41) is 13.1. The Labute approximate surface area is 121 Å². The number of hydrogen-bond acceptors (Lipinski definition) is 5. The minimum absolute atomic E-state index is 0.123. The largest absolute Gasteiger partial charge is 0.414 e. The maximum Gasteiger partial charge on any atom is 0.414 e. The Morgan fingerprint density at radius 3 is 2.48 bits per heavy atom. The van der Waals surface area contributed by atoms with Crippen molar-refractivity contribution >= 4 is 0 Å². The van der Waals surface area contributed by atoms with Crippen LogP contribution in [-0.2, 0) is 6.42 Å². The maximum absolute atomic E-state index is 12.5. The molecule has 2 atom stereocenters. The van der Waals surface area contributed by atoms with Gasteiger partial charge >= 0.3 is 6.18 Å². The molecule has 2 heterocycles. The van der Waals surface area contributed by atoms with E-state index in [1.54, 1.807) is 0 Å². The van der Waals surface area contributed by atoms with E-state index in [2.05, 4.69) is 10.1 Å². The van der Waals surface area contributed by atoms with Gasteiger partial charge in [0.1, 0.15) is 0 Å². The van der Waals surface area contributed by atoms with Gasteiger partial charge in [0, 0.05) is 6.42 Å². The summed E-state index contributed by atoms with van der Waals surface area (Å²) in [6.07, 6.45) is -5.48. The van der Waals surface area contributed by atoms with Gasteiger partial charge in [0.2, 0.25) is 5.89 Å². The highest BCUT2D eigenvalue weighted by Crippen LogP contribution is 2.33. The lowest BCUT2D eigenvalue weighted by Crippen LogP contribution is -2.44. The number of nitrogens with zero attached hydrogens (tertiary/aromatic N) is 3. The first-order valence-corrected chi connectivity index (χ1v) is 7.14. The van der Waals surface area contributed by atoms with Crippen LogP contribution in [0.5, 0.6) is 0 Å². The second-order valence-corrected chi connectivity index (χ2v) is 5.44. The minimum atomic E-state index is -4.54. The van der Waals surface area contributed by atoms with E-state index in [0.29, 0.717) is 44.1 Å². The zero-order valence-corrected chi connectivity index (χ0v) is 12.1. The second kappa shape index (κ2) is 6.31. The van der Waals surface area contributed by atoms with E-state index in [9.17, 15) is 18.3 Å². The first-order chi connectivity index (χ1) is 9.82. The molecule has 120 valence electrons. The Morgan fingerprint density at radius 1 is 1.38 bits per heavy atom. The molecule has 0 spiro atoms. The number of aliphatic hydroxyl groups excluding tert-OH is 1. The lowest BCUT2D eigenvalue weighted by molar-refractivity contribution is -0.223. The highest BCUT2D eigenvalue weighted by atomic mass is 19.4. The van der Waals surface area contributed by atoms with Gasteiger partial charge in [0.25, 0.3) is 0 Å². The maximum atomic E-state index is 12.5. The Bertz CT molecular complexity index is 456. The summed E-state index contributed by atoms with van der Waals surface area (Å²) in [5.74, 6) is 0.378. The molecule has 8 heteroatoms. The first-order valence-electron chi connectivity index (χ1n) is 7.14. The SMILES string of the molecule is CCc1noc(C(C)N2CCC(C(O)C(F)(F)F)CC2)n1. The molecule has 2 unspecified atom stereocenters. The van der Waals surface area contributed by atoms with Crippen molar-refractivity contribution in [1.29, 1.82) is 0 Å². The van der Waals surface area contributed by atoms with Crippen LogP contribution in [0.2, 0.25) is 0 Å². The molecular weight excluding hydrogens is 287 g/mol. The smallest absolute Gasteiger partial charge is 0.383 e. The summed E-state index contributed by atoms with van der Waals surface area (Å²) in [6.45, 7) is 4.77. The van der Waals surface area contributed by atoms with Crippen molar-refractivity contribution in [2.45, 2.75) is 51.4 Å². The number of likely N-dealkylation sites (tertiary alicyclic amines) is 1. The molecule has 0 bridgehead atoms. The Morgan fingerprint density at radius 2 is 2.00 bits per heavy atom. The quantitative estimate of drug-likeness (QED) is 0.925. The second-order valence-electron chi connectivity index (χ2n) is 5.44. The number of piperidine rings is 1. The molecule has 1 aromatic heterocycles. The average Bonchev–Trinajstić information content (AvgIpc) is 2.94. The summed E-state index contributed by atoms with van der Waals surface area (Å²) < 4.78 is 42.7. The Balaban J connectivity index is 1.91. The van der Waals surface area contributed by atoms with Gasteiger partial charge in [-0.25, -0.2) is 0 Å². The molecule has 0 radical (unpaired) electrons. The fraction of sp³-hybridized carbons (Fsp3) is 0.846. The van der Waals surface area contributed by atoms with Crippen LogP contribution in [0.1, 0.15) is 44.4 Å². The molecule has 1 aliphatic rings. The van der Waals surface area contributed by atoms with Gasteiger partial charge in [-0.3, -0.25) is 4.90 Å². The monoisotopic (exact) mass is 307 g/mol. The molecule has 5 nitrogen and oxygen atoms in total. The van der Waals surface area contributed by atoms with E-state index in [0.717, 1.165) is 0 Å². The van der Waals surface area contributed by atoms with Crippen molar-refractivity contribution in [1.82, 2.24) is 15.0 Å². The molecular formula is C13H20F3N3O2. The van der Waals surface area contributed by atoms with Gasteiger partial charge in [-0.2, -0.15) is 18.2 Å². The van der Waals surface area contributed by atoms with E-state index in [1.807, 2.05) is 18.7 Å². The van der Waals surface area contributed by atoms with Gasteiger partial charge in [0.15, 0.2) is 11.9 Å². The zero-order valence-electron chi connectivity index (χ0n) is 12.1. The molecule has 1 fully saturated rings. The fourth-order valence-electron chi connectivity index (χ4n) is 2.63. The highest BCUT2D eigenvalue weighted by molar-refractivity contribution is 4.93. The number of aliphatic hydroxyl groups is 1. The number of alkyl halides is 3. The lowest BCUT2D eigenvalue weighted by atomic mass is 9.90. The molecule has 1 aromatic rings. The zero-order chi connectivity index (χ0) is 15.6. The standard InChI is InChI=1S/C13H20F3N3O2/c1-3-10-17-12(21-18-10)8(2)19-6-4-9(5-7-19)11(20)13(14,15)16/h8-9,11,20H,3-7H2,1-2H3. The molecule has 2 rings (SSSR count). The van der Waals surface area contributed by atoms with Crippen LogP contribution in [0.4, 0.5) is 13.2 Å². The van der Waals surface area contributed by atoms with Gasteiger partial charge in [0.05, 0.1) is 6.04 Å². The highest BCUT2D eigenvalue weighted by Gasteiger charge is 2.44. The van der Waals surface area contributed by atoms with Crippen LogP contribution in [0.15, 0.2) is 4.52 Å². The van der Waals surface area contributed by atoms with Crippen molar-refractivity contribution in [2.75, 3.05) is 13.1 Å². The van der Waals surface area contributed by atoms with Crippen molar-refractivity contribution < 1.29 is 22.8 Å². The lowest BCUT2D eigenvalue weighted by Gasteiger charge is -2.36. The third-order valence-corrected chi connectivity index (χ3v) is 4.06. The van der Waals surface area contributed by atoms with E-state index in [4.69, 9.17) is 4.52 Å². The molecule has 1 aliphatic heterocycles. The van der Waals surface area contributed by atoms with Crippen LogP contribution in [-0.4, -0.2) is 45.5 Å². The summed E-state index contributed by atoms with van der Waals surface area (Å²) in [7, 11) is 0. The molecule has 0 amide bonds. The van der Waals surface area contributed by atoms with Crippen LogP contribution in [0.3, 0.4) is 0 Å². The van der Waals surface area contributed by atoms with E-state index in [1.165, 1.54) is 0 Å². The first kappa shape index (κ1) is 16.2. The molecule has 1 saturated heterocycles. The third-order valence-electron chi connectivity index (χ3n) is 4.06. The third kappa shape index (κ3) is 3.74. The molecule has 0 saturated carbocycles. The summed E-state index contributed by atoms with van der Waals surface area (Å²) >= 11 is 0. The Kier molecular flexibility index (Phi) is 4.88. The predicted molar refractivity (Wildman–Crippen MR) is 68.4 cm³/mol. The van der Waals surface area contributed by atoms with Crippen LogP contribution < -0.4 is 0 Å². The van der Waals surface area contributed by atoms with Crippen LogP contribution in [0.25, 0.3) is 0 Å². The number of aryl methyl sites for hydroxylation is 1. The number of rotatable bonds is 4. The minimum Gasteiger partial charge on any atom is -0.383 e. The average molecular weight is 307 g/mol. The molecule has 0 aliphatic carbocycles. The normalized spacial score (nSPS) is 21.4. The van der Waals surface area contributed by atoms with Crippen molar-refractivity contribution in [3.8, 4) is 0 Å². The van der Waals surface area contributed by atoms with Crippen molar-refractivity contribution in [2.24, 2.45) is 5.92 Å². The van der Waals surface area contributed by atoms with Crippen LogP contribution in [0, 0.1) is 5.92 Å². The van der Waals surface area contributed by atoms with Gasteiger partial charge in [-0.15, -0.1) is 0 Å². The predicted octanol–water partition coefficient (Wildman–Crippen LogP) is 2.33. The van der Waals surface area contributed by atoms with Crippen molar-refractivity contribution in [3.63, 3.8) is 0 Å². The molecule has 0 aromatic carbocycles. The van der Waals surface area contributed by atoms with Gasteiger partial charge in [-0.1, -0.05) is 12.1 Å². The topological polar surface area (TPSA) is 62.4 Å². The molecule has 1 N–H and O–H groups in total. The number of aromatic nitrogens is 2. The van der Waals surface area contributed by atoms with Crippen molar-refractivity contribution in [3.05, 3.63) is 11.7 Å². The summed E-state index contributed by atoms with van der Waals surface area (Å²) in [5.41, 5.74) is 0. The summed E-state index contributed by atoms with van der Waals surface area (Å²) in [6, 6.07) is -0.123. The van der Waals surface area contributed by atoms with E-state index < -0.39 is 18.2 Å².